The van der Waals surface area contributed by atoms with Crippen molar-refractivity contribution >= 4 is 0 Å². The largest absolute Gasteiger partial charge is 0.271 e. The van der Waals surface area contributed by atoms with E-state index < -0.39 is 0 Å². The summed E-state index contributed by atoms with van der Waals surface area (Å²) in [5.41, 5.74) is 6.47. The van der Waals surface area contributed by atoms with Crippen molar-refractivity contribution in [1.82, 2.24) is 10.4 Å². The van der Waals surface area contributed by atoms with Gasteiger partial charge in [-0.2, -0.15) is 0 Å². The summed E-state index contributed by atoms with van der Waals surface area (Å²) in [6, 6.07) is 14.6. The van der Waals surface area contributed by atoms with Crippen LogP contribution in [0.15, 0.2) is 48.7 Å². The zero-order chi connectivity index (χ0) is 12.8. The Balaban J connectivity index is 1.99. The zero-order valence-electron chi connectivity index (χ0n) is 10.6. The smallest absolute Gasteiger partial charge is 0.0463 e. The van der Waals surface area contributed by atoms with Crippen LogP contribution in [0.1, 0.15) is 29.3 Å². The molecule has 0 saturated carbocycles. The number of hydrogen-bond acceptors (Lipinski definition) is 3. The van der Waals surface area contributed by atoms with Crippen molar-refractivity contribution in [3.63, 3.8) is 0 Å². The van der Waals surface area contributed by atoms with Crippen LogP contribution in [0.4, 0.5) is 0 Å². The molecule has 3 nitrogen and oxygen atoms in total. The van der Waals surface area contributed by atoms with E-state index in [1.165, 1.54) is 11.1 Å². The molecule has 2 rings (SSSR count). The number of nitrogens with zero attached hydrogens (tertiary/aromatic N) is 1. The minimum atomic E-state index is 0.174. The Hall–Kier alpha value is -1.71. The standard InChI is InChI=1S/C15H19N3/c1-12-5-7-13(8-6-12)15(18-16)10-9-14-4-2-3-11-17-14/h2-8,11,15,18H,9-10,16H2,1H3. The second kappa shape index (κ2) is 6.28. The maximum Gasteiger partial charge on any atom is 0.0463 e. The summed E-state index contributed by atoms with van der Waals surface area (Å²) in [5, 5.41) is 0. The Kier molecular flexibility index (Phi) is 4.45. The van der Waals surface area contributed by atoms with Gasteiger partial charge in [-0.15, -0.1) is 0 Å². The molecule has 18 heavy (non-hydrogen) atoms. The molecule has 0 saturated heterocycles. The fourth-order valence-electron chi connectivity index (χ4n) is 1.98. The van der Waals surface area contributed by atoms with Crippen LogP contribution in [0, 0.1) is 6.92 Å². The van der Waals surface area contributed by atoms with E-state index >= 15 is 0 Å². The summed E-state index contributed by atoms with van der Waals surface area (Å²) in [4.78, 5) is 4.32. The van der Waals surface area contributed by atoms with Gasteiger partial charge in [0.1, 0.15) is 0 Å². The zero-order valence-corrected chi connectivity index (χ0v) is 10.6. The number of aromatic nitrogens is 1. The quantitative estimate of drug-likeness (QED) is 0.624. The lowest BCUT2D eigenvalue weighted by Gasteiger charge is -2.16. The highest BCUT2D eigenvalue weighted by molar-refractivity contribution is 5.24. The Morgan fingerprint density at radius 1 is 1.17 bits per heavy atom. The predicted octanol–water partition coefficient (Wildman–Crippen LogP) is 2.53. The van der Waals surface area contributed by atoms with Crippen LogP contribution in [0.3, 0.4) is 0 Å². The third-order valence-corrected chi connectivity index (χ3v) is 3.10. The Bertz CT molecular complexity index is 465. The van der Waals surface area contributed by atoms with Gasteiger partial charge in [0.2, 0.25) is 0 Å². The lowest BCUT2D eigenvalue weighted by atomic mass is 10.0. The van der Waals surface area contributed by atoms with Gasteiger partial charge in [-0.05, 0) is 37.5 Å². The number of pyridine rings is 1. The lowest BCUT2D eigenvalue weighted by Crippen LogP contribution is -2.28. The third kappa shape index (κ3) is 3.39. The Morgan fingerprint density at radius 3 is 2.56 bits per heavy atom. The Labute approximate surface area is 108 Å². The summed E-state index contributed by atoms with van der Waals surface area (Å²) in [6.07, 6.45) is 3.69. The molecule has 0 aliphatic carbocycles. The van der Waals surface area contributed by atoms with Crippen LogP contribution in [0.25, 0.3) is 0 Å². The molecule has 1 heterocycles. The number of hydrazine groups is 1. The molecule has 1 aromatic carbocycles. The third-order valence-electron chi connectivity index (χ3n) is 3.10. The van der Waals surface area contributed by atoms with Crippen molar-refractivity contribution in [1.29, 1.82) is 0 Å². The first-order valence-corrected chi connectivity index (χ1v) is 6.22. The molecular formula is C15H19N3. The van der Waals surface area contributed by atoms with Crippen molar-refractivity contribution in [2.24, 2.45) is 5.84 Å². The van der Waals surface area contributed by atoms with Gasteiger partial charge in [-0.3, -0.25) is 16.3 Å². The van der Waals surface area contributed by atoms with E-state index in [2.05, 4.69) is 41.6 Å². The first-order chi connectivity index (χ1) is 8.79. The highest BCUT2D eigenvalue weighted by Crippen LogP contribution is 2.18. The lowest BCUT2D eigenvalue weighted by molar-refractivity contribution is 0.513. The average molecular weight is 241 g/mol. The summed E-state index contributed by atoms with van der Waals surface area (Å²) in [7, 11) is 0. The predicted molar refractivity (Wildman–Crippen MR) is 73.8 cm³/mol. The normalized spacial score (nSPS) is 12.3. The first-order valence-electron chi connectivity index (χ1n) is 6.22. The molecule has 3 heteroatoms. The number of hydrogen-bond donors (Lipinski definition) is 2. The van der Waals surface area contributed by atoms with Gasteiger partial charge in [-0.1, -0.05) is 35.9 Å². The molecule has 3 N–H and O–H groups in total. The summed E-state index contributed by atoms with van der Waals surface area (Å²) < 4.78 is 0. The van der Waals surface area contributed by atoms with Crippen LogP contribution >= 0.6 is 0 Å². The number of benzene rings is 1. The highest BCUT2D eigenvalue weighted by Gasteiger charge is 2.09. The summed E-state index contributed by atoms with van der Waals surface area (Å²) in [6.45, 7) is 2.09. The van der Waals surface area contributed by atoms with Crippen molar-refractivity contribution in [2.45, 2.75) is 25.8 Å². The molecule has 0 bridgehead atoms. The van der Waals surface area contributed by atoms with E-state index in [9.17, 15) is 0 Å². The van der Waals surface area contributed by atoms with Gasteiger partial charge in [0.05, 0.1) is 0 Å². The number of nitrogens with two attached hydrogens (primary N) is 1. The molecule has 0 spiro atoms. The second-order valence-corrected chi connectivity index (χ2v) is 4.49. The van der Waals surface area contributed by atoms with E-state index in [4.69, 9.17) is 5.84 Å². The molecular weight excluding hydrogens is 222 g/mol. The van der Waals surface area contributed by atoms with Gasteiger partial charge >= 0.3 is 0 Å². The van der Waals surface area contributed by atoms with Crippen molar-refractivity contribution in [3.8, 4) is 0 Å². The minimum absolute atomic E-state index is 0.174. The summed E-state index contributed by atoms with van der Waals surface area (Å²) >= 11 is 0. The van der Waals surface area contributed by atoms with Crippen molar-refractivity contribution in [2.75, 3.05) is 0 Å². The maximum atomic E-state index is 5.64. The van der Waals surface area contributed by atoms with Gasteiger partial charge in [0.25, 0.3) is 0 Å². The fourth-order valence-corrected chi connectivity index (χ4v) is 1.98. The second-order valence-electron chi connectivity index (χ2n) is 4.49. The molecule has 1 atom stereocenters. The van der Waals surface area contributed by atoms with E-state index in [0.717, 1.165) is 18.5 Å². The van der Waals surface area contributed by atoms with E-state index in [-0.39, 0.29) is 6.04 Å². The van der Waals surface area contributed by atoms with Crippen molar-refractivity contribution < 1.29 is 0 Å². The van der Waals surface area contributed by atoms with E-state index in [1.807, 2.05) is 24.4 Å². The van der Waals surface area contributed by atoms with E-state index in [1.54, 1.807) is 0 Å². The van der Waals surface area contributed by atoms with E-state index in [0.29, 0.717) is 0 Å². The monoisotopic (exact) mass is 241 g/mol. The van der Waals surface area contributed by atoms with Crippen molar-refractivity contribution in [3.05, 3.63) is 65.5 Å². The number of rotatable bonds is 5. The maximum absolute atomic E-state index is 5.64. The molecule has 0 radical (unpaired) electrons. The molecule has 94 valence electrons. The highest BCUT2D eigenvalue weighted by atomic mass is 15.2. The summed E-state index contributed by atoms with van der Waals surface area (Å²) in [5.74, 6) is 5.64. The van der Waals surface area contributed by atoms with Crippen LogP contribution in [-0.4, -0.2) is 4.98 Å². The number of nitrogens with one attached hydrogen (secondary N) is 1. The fraction of sp³-hybridized carbons (Fsp3) is 0.267. The van der Waals surface area contributed by atoms with Crippen LogP contribution in [-0.2, 0) is 6.42 Å². The minimum Gasteiger partial charge on any atom is -0.271 e. The van der Waals surface area contributed by atoms with Crippen LogP contribution in [0.2, 0.25) is 0 Å². The first kappa shape index (κ1) is 12.7. The molecule has 2 aromatic rings. The van der Waals surface area contributed by atoms with Crippen LogP contribution < -0.4 is 11.3 Å². The number of aryl methyl sites for hydroxylation is 2. The molecule has 0 amide bonds. The van der Waals surface area contributed by atoms with Gasteiger partial charge in [0.15, 0.2) is 0 Å². The molecule has 0 aliphatic heterocycles. The van der Waals surface area contributed by atoms with Gasteiger partial charge in [-0.25, -0.2) is 0 Å². The van der Waals surface area contributed by atoms with Gasteiger partial charge < -0.3 is 0 Å². The SMILES string of the molecule is Cc1ccc(C(CCc2ccccn2)NN)cc1. The molecule has 0 fully saturated rings. The Morgan fingerprint density at radius 2 is 1.94 bits per heavy atom. The topological polar surface area (TPSA) is 50.9 Å². The molecule has 1 unspecified atom stereocenters. The van der Waals surface area contributed by atoms with Gasteiger partial charge in [0, 0.05) is 17.9 Å². The molecule has 0 aliphatic rings. The average Bonchev–Trinajstić information content (AvgIpc) is 2.42. The van der Waals surface area contributed by atoms with Crippen LogP contribution in [0.5, 0.6) is 0 Å². The molecule has 1 aromatic heterocycles.